The number of aromatic hydroxyl groups is 2. The standard InChI is InChI=1S/C14H9BrO.C14H10O.C13H10O2/c15-10-6-5-9-7-14(16)12-4-2-1-3-11(12)13(9)8-10;15-14-9-10-5-1-2-6-11(10)12-7-3-4-8-13(12)14;14-13(15)12-9-5-4-8-11(12)10-6-2-1-3-7-10/h1-8,16H;1-9,15H;1-9H,(H,14,15). The molecule has 0 aliphatic carbocycles. The minimum Gasteiger partial charge on any atom is -0.507 e. The zero-order chi connectivity index (χ0) is 32.0. The van der Waals surface area contributed by atoms with Crippen molar-refractivity contribution in [2.45, 2.75) is 0 Å². The zero-order valence-corrected chi connectivity index (χ0v) is 26.2. The summed E-state index contributed by atoms with van der Waals surface area (Å²) >= 11 is 3.47. The lowest BCUT2D eigenvalue weighted by atomic mass is 10.00. The number of carbonyl (C=O) groups is 1. The van der Waals surface area contributed by atoms with Crippen molar-refractivity contribution in [2.75, 3.05) is 0 Å². The molecule has 0 unspecified atom stereocenters. The predicted octanol–water partition coefficient (Wildman–Crippen LogP) is 11.2. The first-order chi connectivity index (χ1) is 22.4. The van der Waals surface area contributed by atoms with Gasteiger partial charge in [0.15, 0.2) is 0 Å². The molecule has 0 saturated heterocycles. The molecule has 0 atom stereocenters. The van der Waals surface area contributed by atoms with E-state index in [1.165, 1.54) is 5.39 Å². The molecule has 0 heterocycles. The van der Waals surface area contributed by atoms with Crippen molar-refractivity contribution in [1.82, 2.24) is 0 Å². The molecule has 0 bridgehead atoms. The Balaban J connectivity index is 0.000000121. The first-order valence-electron chi connectivity index (χ1n) is 14.7. The Bertz CT molecular complexity index is 2330. The maximum absolute atomic E-state index is 11.0. The third-order valence-corrected chi connectivity index (χ3v) is 8.28. The lowest BCUT2D eigenvalue weighted by Crippen LogP contribution is -1.98. The molecule has 0 spiro atoms. The van der Waals surface area contributed by atoms with Crippen LogP contribution in [0, 0.1) is 0 Å². The maximum Gasteiger partial charge on any atom is 0.336 e. The summed E-state index contributed by atoms with van der Waals surface area (Å²) in [5.74, 6) is -0.204. The summed E-state index contributed by atoms with van der Waals surface area (Å²) in [4.78, 5) is 11.0. The average Bonchev–Trinajstić information content (AvgIpc) is 3.10. The molecule has 8 aromatic carbocycles. The Labute approximate surface area is 274 Å². The molecular formula is C41H29BrO4. The molecule has 46 heavy (non-hydrogen) atoms. The fourth-order valence-electron chi connectivity index (χ4n) is 5.63. The van der Waals surface area contributed by atoms with Crippen LogP contribution < -0.4 is 0 Å². The summed E-state index contributed by atoms with van der Waals surface area (Å²) in [7, 11) is 0. The van der Waals surface area contributed by atoms with Crippen LogP contribution in [0.5, 0.6) is 11.5 Å². The molecule has 224 valence electrons. The monoisotopic (exact) mass is 664 g/mol. The number of hydrogen-bond donors (Lipinski definition) is 3. The lowest BCUT2D eigenvalue weighted by molar-refractivity contribution is 0.0697. The first-order valence-corrected chi connectivity index (χ1v) is 15.5. The average molecular weight is 666 g/mol. The highest BCUT2D eigenvalue weighted by atomic mass is 79.9. The number of carboxylic acids is 1. The summed E-state index contributed by atoms with van der Waals surface area (Å²) in [5.41, 5.74) is 2.02. The quantitative estimate of drug-likeness (QED) is 0.161. The molecule has 0 aromatic heterocycles. The van der Waals surface area contributed by atoms with Crippen molar-refractivity contribution in [3.05, 3.63) is 168 Å². The van der Waals surface area contributed by atoms with Gasteiger partial charge in [-0.1, -0.05) is 143 Å². The third kappa shape index (κ3) is 6.41. The molecule has 3 N–H and O–H groups in total. The fraction of sp³-hybridized carbons (Fsp3) is 0. The predicted molar refractivity (Wildman–Crippen MR) is 193 cm³/mol. The number of benzene rings is 8. The van der Waals surface area contributed by atoms with Crippen LogP contribution in [-0.2, 0) is 0 Å². The molecule has 0 radical (unpaired) electrons. The smallest absolute Gasteiger partial charge is 0.336 e. The Hall–Kier alpha value is -5.65. The Morgan fingerprint density at radius 3 is 1.57 bits per heavy atom. The lowest BCUT2D eigenvalue weighted by Gasteiger charge is -2.06. The van der Waals surface area contributed by atoms with E-state index in [0.29, 0.717) is 17.1 Å². The highest BCUT2D eigenvalue weighted by Gasteiger charge is 2.10. The second-order valence-electron chi connectivity index (χ2n) is 10.7. The Morgan fingerprint density at radius 2 is 0.935 bits per heavy atom. The number of hydrogen-bond acceptors (Lipinski definition) is 3. The number of halogens is 1. The van der Waals surface area contributed by atoms with Crippen molar-refractivity contribution >= 4 is 65.0 Å². The molecule has 0 aliphatic heterocycles. The van der Waals surface area contributed by atoms with Crippen LogP contribution in [0.15, 0.2) is 162 Å². The van der Waals surface area contributed by atoms with Gasteiger partial charge in [0.1, 0.15) is 11.5 Å². The zero-order valence-electron chi connectivity index (χ0n) is 24.6. The van der Waals surface area contributed by atoms with Crippen LogP contribution in [0.3, 0.4) is 0 Å². The highest BCUT2D eigenvalue weighted by Crippen LogP contribution is 2.34. The van der Waals surface area contributed by atoms with Crippen molar-refractivity contribution in [1.29, 1.82) is 0 Å². The highest BCUT2D eigenvalue weighted by molar-refractivity contribution is 9.10. The van der Waals surface area contributed by atoms with Gasteiger partial charge in [-0.25, -0.2) is 4.79 Å². The van der Waals surface area contributed by atoms with Gasteiger partial charge in [-0.05, 0) is 73.8 Å². The Kier molecular flexibility index (Phi) is 8.95. The van der Waals surface area contributed by atoms with Gasteiger partial charge in [0.25, 0.3) is 0 Å². The molecular weight excluding hydrogens is 636 g/mol. The van der Waals surface area contributed by atoms with E-state index in [4.69, 9.17) is 5.11 Å². The number of phenolic OH excluding ortho intramolecular Hbond substituents is 2. The molecule has 5 heteroatoms. The molecule has 0 fully saturated rings. The summed E-state index contributed by atoms with van der Waals surface area (Å²) in [6.07, 6.45) is 0. The summed E-state index contributed by atoms with van der Waals surface area (Å²) in [6.45, 7) is 0. The van der Waals surface area contributed by atoms with Gasteiger partial charge in [-0.15, -0.1) is 0 Å². The Morgan fingerprint density at radius 1 is 0.457 bits per heavy atom. The van der Waals surface area contributed by atoms with E-state index >= 15 is 0 Å². The minimum absolute atomic E-state index is 0.337. The third-order valence-electron chi connectivity index (χ3n) is 7.79. The van der Waals surface area contributed by atoms with Crippen LogP contribution in [-0.4, -0.2) is 21.3 Å². The molecule has 0 saturated carbocycles. The minimum atomic E-state index is -0.894. The van der Waals surface area contributed by atoms with Gasteiger partial charge in [0, 0.05) is 15.2 Å². The number of rotatable bonds is 2. The van der Waals surface area contributed by atoms with E-state index in [-0.39, 0.29) is 0 Å². The number of carboxylic acid groups (broad SMARTS) is 1. The van der Waals surface area contributed by atoms with Gasteiger partial charge in [0.05, 0.1) is 5.56 Å². The van der Waals surface area contributed by atoms with Crippen molar-refractivity contribution in [2.24, 2.45) is 0 Å². The molecule has 0 aliphatic rings. The van der Waals surface area contributed by atoms with E-state index in [0.717, 1.165) is 53.3 Å². The largest absolute Gasteiger partial charge is 0.507 e. The van der Waals surface area contributed by atoms with Gasteiger partial charge < -0.3 is 15.3 Å². The van der Waals surface area contributed by atoms with E-state index in [2.05, 4.69) is 28.1 Å². The van der Waals surface area contributed by atoms with Gasteiger partial charge in [-0.3, -0.25) is 0 Å². The van der Waals surface area contributed by atoms with Gasteiger partial charge >= 0.3 is 5.97 Å². The number of phenols is 2. The van der Waals surface area contributed by atoms with E-state index in [1.54, 1.807) is 12.1 Å². The molecule has 0 amide bonds. The second-order valence-corrected chi connectivity index (χ2v) is 11.6. The molecule has 8 aromatic rings. The summed E-state index contributed by atoms with van der Waals surface area (Å²) in [6, 6.07) is 50.1. The first kappa shape index (κ1) is 30.4. The summed E-state index contributed by atoms with van der Waals surface area (Å²) < 4.78 is 1.05. The van der Waals surface area contributed by atoms with Crippen molar-refractivity contribution in [3.8, 4) is 22.6 Å². The molecule has 8 rings (SSSR count). The van der Waals surface area contributed by atoms with Crippen LogP contribution in [0.1, 0.15) is 10.4 Å². The van der Waals surface area contributed by atoms with E-state index in [1.807, 2.05) is 133 Å². The van der Waals surface area contributed by atoms with Crippen LogP contribution in [0.2, 0.25) is 0 Å². The number of aromatic carboxylic acids is 1. The van der Waals surface area contributed by atoms with E-state index < -0.39 is 5.97 Å². The van der Waals surface area contributed by atoms with Crippen LogP contribution in [0.25, 0.3) is 54.2 Å². The second kappa shape index (κ2) is 13.6. The van der Waals surface area contributed by atoms with E-state index in [9.17, 15) is 15.0 Å². The SMILES string of the molecule is O=C(O)c1ccccc1-c1ccccc1.Oc1cc2ccc(Br)cc2c2ccccc12.Oc1cc2ccccc2c2ccccc12. The van der Waals surface area contributed by atoms with Gasteiger partial charge in [-0.2, -0.15) is 0 Å². The van der Waals surface area contributed by atoms with Crippen LogP contribution in [0.4, 0.5) is 0 Å². The topological polar surface area (TPSA) is 77.8 Å². The molecule has 4 nitrogen and oxygen atoms in total. The van der Waals surface area contributed by atoms with Gasteiger partial charge in [0.2, 0.25) is 0 Å². The van der Waals surface area contributed by atoms with Crippen molar-refractivity contribution < 1.29 is 20.1 Å². The summed E-state index contributed by atoms with van der Waals surface area (Å²) in [5, 5.41) is 37.3. The normalized spacial score (nSPS) is 10.6. The van der Waals surface area contributed by atoms with Crippen LogP contribution >= 0.6 is 15.9 Å². The maximum atomic E-state index is 11.0. The van der Waals surface area contributed by atoms with Crippen molar-refractivity contribution in [3.63, 3.8) is 0 Å². The number of fused-ring (bicyclic) bond motifs is 6. The fourth-order valence-corrected chi connectivity index (χ4v) is 5.99.